The average Bonchev–Trinajstić information content (AvgIpc) is 2.89. The summed E-state index contributed by atoms with van der Waals surface area (Å²) in [4.78, 5) is 17.7. The smallest absolute Gasteiger partial charge is 0.0947 e. The van der Waals surface area contributed by atoms with Gasteiger partial charge in [-0.25, -0.2) is 0 Å². The second-order valence-electron chi connectivity index (χ2n) is 4.40. The van der Waals surface area contributed by atoms with Gasteiger partial charge in [-0.2, -0.15) is 36.4 Å². The van der Waals surface area contributed by atoms with Crippen LogP contribution >= 0.6 is 63.7 Å². The number of phenolic OH excluding ortho intramolecular Hbond substituents is 1. The molecule has 7 nitrogen and oxygen atoms in total. The monoisotopic (exact) mass is 898 g/mol. The standard InChI is InChI=1S/C8H8BrO.C6H5O.C2H4Br2.C2H5BrO.2C2H3O2.2Y/c9-6-7-10-8-4-2-1-3-5-8;7-6-4-2-1-3-5-6;2*3-1-2-4;2*1-4-2-3;;/h2-5H,6-7H2;2-5,7H;1-2H2;4H,1-2H2;2*1H3;;/q2*-1;;;2*-1;;. The van der Waals surface area contributed by atoms with Crippen LogP contribution in [0.4, 0.5) is 0 Å². The molecule has 0 aliphatic carbocycles. The van der Waals surface area contributed by atoms with Gasteiger partial charge in [0.1, 0.15) is 0 Å². The van der Waals surface area contributed by atoms with Crippen LogP contribution in [0, 0.1) is 12.1 Å². The molecule has 0 fully saturated rings. The number of hydrogen-bond acceptors (Lipinski definition) is 7. The molecule has 2 aromatic rings. The van der Waals surface area contributed by atoms with Crippen LogP contribution < -0.4 is 4.74 Å². The van der Waals surface area contributed by atoms with Gasteiger partial charge in [-0.05, 0) is 0 Å². The number of halogens is 4. The molecule has 0 spiro atoms. The van der Waals surface area contributed by atoms with Crippen LogP contribution in [0.3, 0.4) is 0 Å². The van der Waals surface area contributed by atoms with Crippen molar-refractivity contribution in [1.29, 1.82) is 0 Å². The molecule has 0 aromatic heterocycles. The number of rotatable bonds is 7. The van der Waals surface area contributed by atoms with E-state index in [0.29, 0.717) is 17.7 Å². The third kappa shape index (κ3) is 61.0. The van der Waals surface area contributed by atoms with Crippen molar-refractivity contribution in [1.82, 2.24) is 0 Å². The fraction of sp³-hybridized carbons (Fsp3) is 0.364. The van der Waals surface area contributed by atoms with Crippen molar-refractivity contribution in [3.63, 3.8) is 0 Å². The van der Waals surface area contributed by atoms with Gasteiger partial charge < -0.3 is 34.0 Å². The maximum Gasteiger partial charge on any atom is 0.0947 e. The maximum absolute atomic E-state index is 8.83. The summed E-state index contributed by atoms with van der Waals surface area (Å²) in [6.07, 6.45) is 0. The molecule has 196 valence electrons. The van der Waals surface area contributed by atoms with Crippen LogP contribution in [0.1, 0.15) is 0 Å². The number of aliphatic hydroxyl groups excluding tert-OH is 1. The van der Waals surface area contributed by atoms with Crippen molar-refractivity contribution in [2.45, 2.75) is 0 Å². The molecule has 0 aliphatic rings. The molecule has 0 unspecified atom stereocenters. The molecular formula is C22H28Br4O7Y2-4. The summed E-state index contributed by atoms with van der Waals surface area (Å²) in [5.41, 5.74) is 0. The van der Waals surface area contributed by atoms with Gasteiger partial charge in [-0.15, -0.1) is 24.3 Å². The largest absolute Gasteiger partial charge is 0.655 e. The van der Waals surface area contributed by atoms with E-state index in [4.69, 9.17) is 24.5 Å². The van der Waals surface area contributed by atoms with E-state index in [0.717, 1.165) is 21.7 Å². The number of aromatic hydroxyl groups is 1. The number of ether oxygens (including phenoxy) is 3. The molecule has 35 heavy (non-hydrogen) atoms. The quantitative estimate of drug-likeness (QED) is 0.299. The van der Waals surface area contributed by atoms with Crippen molar-refractivity contribution < 1.29 is 99.4 Å². The van der Waals surface area contributed by atoms with E-state index in [1.165, 1.54) is 27.2 Å². The Hall–Kier alpha value is 1.07. The van der Waals surface area contributed by atoms with Gasteiger partial charge >= 0.3 is 0 Å². The summed E-state index contributed by atoms with van der Waals surface area (Å²) >= 11 is 12.7. The molecule has 0 aliphatic heterocycles. The predicted octanol–water partition coefficient (Wildman–Crippen LogP) is 5.00. The average molecular weight is 902 g/mol. The third-order valence-electron chi connectivity index (χ3n) is 2.06. The first-order valence-electron chi connectivity index (χ1n) is 8.88. The van der Waals surface area contributed by atoms with E-state index in [2.05, 4.69) is 85.3 Å². The van der Waals surface area contributed by atoms with Crippen LogP contribution in [-0.4, -0.2) is 71.9 Å². The van der Waals surface area contributed by atoms with Crippen LogP contribution in [0.2, 0.25) is 0 Å². The summed E-state index contributed by atoms with van der Waals surface area (Å²) in [7, 11) is 2.51. The fourth-order valence-electron chi connectivity index (χ4n) is 1.00. The fourth-order valence-corrected chi connectivity index (χ4v) is 1.16. The van der Waals surface area contributed by atoms with E-state index < -0.39 is 0 Å². The number of alkyl halides is 4. The first-order chi connectivity index (χ1) is 16.0. The normalized spacial score (nSPS) is 7.29. The number of hydrogen-bond donors (Lipinski definition) is 2. The number of benzene rings is 2. The summed E-state index contributed by atoms with van der Waals surface area (Å²) < 4.78 is 12.8. The molecule has 2 radical (unpaired) electrons. The van der Waals surface area contributed by atoms with E-state index >= 15 is 0 Å². The molecular weight excluding hydrogens is 874 g/mol. The molecule has 13 heteroatoms. The second-order valence-corrected chi connectivity index (χ2v) is 7.57. The molecule has 2 aromatic carbocycles. The van der Waals surface area contributed by atoms with Crippen LogP contribution in [0.25, 0.3) is 0 Å². The zero-order valence-electron chi connectivity index (χ0n) is 19.5. The topological polar surface area (TPSA) is 102 Å². The minimum Gasteiger partial charge on any atom is -0.655 e. The van der Waals surface area contributed by atoms with Gasteiger partial charge in [0.05, 0.1) is 13.2 Å². The van der Waals surface area contributed by atoms with Gasteiger partial charge in [0.2, 0.25) is 0 Å². The summed E-state index contributed by atoms with van der Waals surface area (Å²) in [5.74, 6) is 1.19. The zero-order valence-corrected chi connectivity index (χ0v) is 31.5. The molecule has 0 saturated heterocycles. The predicted molar refractivity (Wildman–Crippen MR) is 145 cm³/mol. The molecule has 0 bridgehead atoms. The Morgan fingerprint density at radius 1 is 0.771 bits per heavy atom. The number of aliphatic hydroxyl groups is 1. The van der Waals surface area contributed by atoms with Crippen LogP contribution in [0.15, 0.2) is 48.5 Å². The Morgan fingerprint density at radius 3 is 1.31 bits per heavy atom. The Balaban J connectivity index is -0.0000000752. The first kappa shape index (κ1) is 49.1. The summed E-state index contributed by atoms with van der Waals surface area (Å²) in [5, 5.41) is 20.1. The van der Waals surface area contributed by atoms with Gasteiger partial charge in [0.15, 0.2) is 0 Å². The van der Waals surface area contributed by atoms with Crippen LogP contribution in [-0.2, 0) is 84.5 Å². The number of carbonyl (C=O) groups excluding carboxylic acids is 2. The van der Waals surface area contributed by atoms with Crippen molar-refractivity contribution >= 4 is 76.7 Å². The minimum absolute atomic E-state index is 0. The van der Waals surface area contributed by atoms with Crippen LogP contribution in [0.5, 0.6) is 11.5 Å². The van der Waals surface area contributed by atoms with Crippen molar-refractivity contribution in [2.24, 2.45) is 0 Å². The second kappa shape index (κ2) is 51.7. The van der Waals surface area contributed by atoms with Gasteiger partial charge in [0.25, 0.3) is 0 Å². The summed E-state index contributed by atoms with van der Waals surface area (Å²) in [6.45, 7) is 3.31. The number of methoxy groups -OCH3 is 2. The zero-order chi connectivity index (χ0) is 26.0. The Kier molecular flexibility index (Phi) is 72.4. The SMILES string of the molecule is BrCCBr.BrCCOc1cc[c-]cc1.CO[C-]=O.CO[C-]=O.OCCBr.Oc1cc[c-]cc1.[Y].[Y]. The Bertz CT molecular complexity index is 575. The Labute approximate surface area is 293 Å². The molecule has 0 heterocycles. The van der Waals surface area contributed by atoms with E-state index in [-0.39, 0.29) is 72.0 Å². The number of phenols is 1. The van der Waals surface area contributed by atoms with Crippen molar-refractivity contribution in [2.75, 3.05) is 48.8 Å². The van der Waals surface area contributed by atoms with Crippen molar-refractivity contribution in [3.8, 4) is 11.5 Å². The van der Waals surface area contributed by atoms with E-state index in [1.54, 1.807) is 24.3 Å². The third-order valence-corrected chi connectivity index (χ3v) is 4.59. The van der Waals surface area contributed by atoms with Gasteiger partial charge in [-0.3, -0.25) is 0 Å². The maximum atomic E-state index is 8.83. The van der Waals surface area contributed by atoms with Gasteiger partial charge in [0, 0.05) is 112 Å². The molecule has 0 amide bonds. The summed E-state index contributed by atoms with van der Waals surface area (Å²) in [6, 6.07) is 19.6. The molecule has 2 rings (SSSR count). The van der Waals surface area contributed by atoms with Crippen molar-refractivity contribution in [3.05, 3.63) is 60.7 Å². The molecule has 2 N–H and O–H groups in total. The first-order valence-corrected chi connectivity index (χ1v) is 13.4. The van der Waals surface area contributed by atoms with Gasteiger partial charge in [-0.1, -0.05) is 76.7 Å². The minimum atomic E-state index is 0. The molecule has 0 atom stereocenters. The van der Waals surface area contributed by atoms with E-state index in [9.17, 15) is 0 Å². The van der Waals surface area contributed by atoms with E-state index in [1.807, 2.05) is 24.3 Å². The Morgan fingerprint density at radius 2 is 1.11 bits per heavy atom. The molecule has 0 saturated carbocycles.